The summed E-state index contributed by atoms with van der Waals surface area (Å²) in [6.45, 7) is 2.80. The van der Waals surface area contributed by atoms with Gasteiger partial charge in [0.2, 0.25) is 0 Å². The minimum atomic E-state index is 0.237. The number of methoxy groups -OCH3 is 2. The zero-order valence-corrected chi connectivity index (χ0v) is 10.5. The Kier molecular flexibility index (Phi) is 5.29. The van der Waals surface area contributed by atoms with E-state index in [1.165, 1.54) is 11.1 Å². The minimum absolute atomic E-state index is 0.237. The van der Waals surface area contributed by atoms with Crippen LogP contribution >= 0.6 is 0 Å². The van der Waals surface area contributed by atoms with Gasteiger partial charge in [-0.3, -0.25) is 0 Å². The van der Waals surface area contributed by atoms with Crippen molar-refractivity contribution in [2.45, 2.75) is 19.4 Å². The molecule has 0 radical (unpaired) electrons. The van der Waals surface area contributed by atoms with Gasteiger partial charge in [0, 0.05) is 7.11 Å². The fraction of sp³-hybridized carbons (Fsp3) is 0.538. The van der Waals surface area contributed by atoms with Crippen LogP contribution in [0.5, 0.6) is 5.75 Å². The molecule has 3 heteroatoms. The lowest BCUT2D eigenvalue weighted by atomic mass is 10.0. The van der Waals surface area contributed by atoms with E-state index in [1.54, 1.807) is 14.2 Å². The van der Waals surface area contributed by atoms with Gasteiger partial charge >= 0.3 is 0 Å². The number of hydrogen-bond acceptors (Lipinski definition) is 3. The molecule has 16 heavy (non-hydrogen) atoms. The molecule has 0 saturated carbocycles. The maximum absolute atomic E-state index is 5.31. The maximum atomic E-state index is 5.31. The molecule has 0 fully saturated rings. The van der Waals surface area contributed by atoms with Crippen molar-refractivity contribution in [2.24, 2.45) is 0 Å². The molecule has 90 valence electrons. The average Bonchev–Trinajstić information content (AvgIpc) is 2.35. The summed E-state index contributed by atoms with van der Waals surface area (Å²) in [5.41, 5.74) is 2.47. The standard InChI is InChI=1S/C13H21NO2/c1-5-10-8-11(6-7-13(10)16-4)12(14-2)9-15-3/h6-8,12,14H,5,9H2,1-4H3. The van der Waals surface area contributed by atoms with Gasteiger partial charge in [0.1, 0.15) is 5.75 Å². The molecule has 0 aliphatic heterocycles. The van der Waals surface area contributed by atoms with E-state index >= 15 is 0 Å². The van der Waals surface area contributed by atoms with E-state index in [0.717, 1.165) is 12.2 Å². The van der Waals surface area contributed by atoms with E-state index in [-0.39, 0.29) is 6.04 Å². The monoisotopic (exact) mass is 223 g/mol. The third kappa shape index (κ3) is 2.97. The predicted octanol–water partition coefficient (Wildman–Crippen LogP) is 2.16. The minimum Gasteiger partial charge on any atom is -0.496 e. The number of rotatable bonds is 6. The molecule has 1 aromatic carbocycles. The first-order valence-corrected chi connectivity index (χ1v) is 5.59. The third-order valence-corrected chi connectivity index (χ3v) is 2.77. The number of benzene rings is 1. The van der Waals surface area contributed by atoms with Crippen LogP contribution in [0.1, 0.15) is 24.1 Å². The van der Waals surface area contributed by atoms with Crippen LogP contribution in [0.15, 0.2) is 18.2 Å². The van der Waals surface area contributed by atoms with E-state index in [4.69, 9.17) is 9.47 Å². The van der Waals surface area contributed by atoms with Gasteiger partial charge in [0.25, 0.3) is 0 Å². The Bertz CT molecular complexity index is 326. The Hall–Kier alpha value is -1.06. The van der Waals surface area contributed by atoms with E-state index < -0.39 is 0 Å². The SMILES string of the molecule is CCc1cc(C(COC)NC)ccc1OC. The highest BCUT2D eigenvalue weighted by atomic mass is 16.5. The molecule has 0 aliphatic rings. The molecule has 1 aromatic rings. The fourth-order valence-electron chi connectivity index (χ4n) is 1.80. The van der Waals surface area contributed by atoms with Gasteiger partial charge in [-0.15, -0.1) is 0 Å². The van der Waals surface area contributed by atoms with Crippen molar-refractivity contribution >= 4 is 0 Å². The molecule has 0 spiro atoms. The number of hydrogen-bond donors (Lipinski definition) is 1. The van der Waals surface area contributed by atoms with Gasteiger partial charge in [-0.2, -0.15) is 0 Å². The second-order valence-corrected chi connectivity index (χ2v) is 3.72. The van der Waals surface area contributed by atoms with Crippen molar-refractivity contribution in [1.82, 2.24) is 5.32 Å². The van der Waals surface area contributed by atoms with Crippen molar-refractivity contribution in [3.8, 4) is 5.75 Å². The van der Waals surface area contributed by atoms with Crippen LogP contribution in [0, 0.1) is 0 Å². The molecule has 1 atom stereocenters. The zero-order valence-electron chi connectivity index (χ0n) is 10.5. The molecular formula is C13H21NO2. The molecule has 0 saturated heterocycles. The quantitative estimate of drug-likeness (QED) is 0.801. The van der Waals surface area contributed by atoms with E-state index in [9.17, 15) is 0 Å². The Balaban J connectivity index is 2.96. The first kappa shape index (κ1) is 13.0. The van der Waals surface area contributed by atoms with Crippen LogP contribution in [0.4, 0.5) is 0 Å². The van der Waals surface area contributed by atoms with Crippen LogP contribution in [0.2, 0.25) is 0 Å². The number of aryl methyl sites for hydroxylation is 1. The first-order chi connectivity index (χ1) is 7.76. The summed E-state index contributed by atoms with van der Waals surface area (Å²) in [4.78, 5) is 0. The Morgan fingerprint density at radius 3 is 2.56 bits per heavy atom. The van der Waals surface area contributed by atoms with Crippen LogP contribution in [0.3, 0.4) is 0 Å². The molecule has 0 bridgehead atoms. The number of likely N-dealkylation sites (N-methyl/N-ethyl adjacent to an activating group) is 1. The second-order valence-electron chi connectivity index (χ2n) is 3.72. The molecule has 0 aromatic heterocycles. The molecule has 1 N–H and O–H groups in total. The highest BCUT2D eigenvalue weighted by molar-refractivity contribution is 5.38. The summed E-state index contributed by atoms with van der Waals surface area (Å²) in [5.74, 6) is 0.957. The summed E-state index contributed by atoms with van der Waals surface area (Å²) in [7, 11) is 5.37. The van der Waals surface area contributed by atoms with Gasteiger partial charge in [-0.05, 0) is 30.7 Å². The molecule has 1 unspecified atom stereocenters. The van der Waals surface area contributed by atoms with Gasteiger partial charge in [0.05, 0.1) is 19.8 Å². The Morgan fingerprint density at radius 2 is 2.06 bits per heavy atom. The second kappa shape index (κ2) is 6.51. The predicted molar refractivity (Wildman–Crippen MR) is 66.0 cm³/mol. The maximum Gasteiger partial charge on any atom is 0.122 e. The molecule has 3 nitrogen and oxygen atoms in total. The van der Waals surface area contributed by atoms with Gasteiger partial charge < -0.3 is 14.8 Å². The summed E-state index contributed by atoms with van der Waals surface area (Å²) < 4.78 is 10.5. The normalized spacial score (nSPS) is 12.5. The largest absolute Gasteiger partial charge is 0.496 e. The van der Waals surface area contributed by atoms with Gasteiger partial charge in [0.15, 0.2) is 0 Å². The Morgan fingerprint density at radius 1 is 1.31 bits per heavy atom. The van der Waals surface area contributed by atoms with E-state index in [0.29, 0.717) is 6.61 Å². The first-order valence-electron chi connectivity index (χ1n) is 5.59. The average molecular weight is 223 g/mol. The van der Waals surface area contributed by atoms with Crippen molar-refractivity contribution in [2.75, 3.05) is 27.9 Å². The van der Waals surface area contributed by atoms with Crippen LogP contribution < -0.4 is 10.1 Å². The topological polar surface area (TPSA) is 30.5 Å². The smallest absolute Gasteiger partial charge is 0.122 e. The summed E-state index contributed by atoms with van der Waals surface area (Å²) in [6, 6.07) is 6.52. The molecule has 0 heterocycles. The molecule has 1 rings (SSSR count). The van der Waals surface area contributed by atoms with Crippen LogP contribution in [-0.2, 0) is 11.2 Å². The zero-order chi connectivity index (χ0) is 12.0. The van der Waals surface area contributed by atoms with Crippen molar-refractivity contribution in [3.63, 3.8) is 0 Å². The van der Waals surface area contributed by atoms with Crippen molar-refractivity contribution < 1.29 is 9.47 Å². The molecular weight excluding hydrogens is 202 g/mol. The van der Waals surface area contributed by atoms with E-state index in [1.807, 2.05) is 13.1 Å². The summed E-state index contributed by atoms with van der Waals surface area (Å²) in [5, 5.41) is 3.24. The molecule has 0 amide bonds. The number of nitrogens with one attached hydrogen (secondary N) is 1. The lowest BCUT2D eigenvalue weighted by molar-refractivity contribution is 0.170. The van der Waals surface area contributed by atoms with Crippen molar-refractivity contribution in [3.05, 3.63) is 29.3 Å². The fourth-order valence-corrected chi connectivity index (χ4v) is 1.80. The van der Waals surface area contributed by atoms with E-state index in [2.05, 4.69) is 24.4 Å². The summed E-state index contributed by atoms with van der Waals surface area (Å²) in [6.07, 6.45) is 0.973. The highest BCUT2D eigenvalue weighted by Crippen LogP contribution is 2.23. The van der Waals surface area contributed by atoms with Crippen molar-refractivity contribution in [1.29, 1.82) is 0 Å². The lowest BCUT2D eigenvalue weighted by Gasteiger charge is -2.17. The number of ether oxygens (including phenoxy) is 2. The Labute approximate surface area is 97.8 Å². The van der Waals surface area contributed by atoms with Crippen LogP contribution in [0.25, 0.3) is 0 Å². The van der Waals surface area contributed by atoms with Crippen LogP contribution in [-0.4, -0.2) is 27.9 Å². The summed E-state index contributed by atoms with van der Waals surface area (Å²) >= 11 is 0. The van der Waals surface area contributed by atoms with Gasteiger partial charge in [-0.1, -0.05) is 19.1 Å². The lowest BCUT2D eigenvalue weighted by Crippen LogP contribution is -2.21. The van der Waals surface area contributed by atoms with Gasteiger partial charge in [-0.25, -0.2) is 0 Å². The molecule has 0 aliphatic carbocycles. The highest BCUT2D eigenvalue weighted by Gasteiger charge is 2.11. The third-order valence-electron chi connectivity index (χ3n) is 2.77.